The lowest BCUT2D eigenvalue weighted by atomic mass is 9.98. The molecule has 3 aromatic rings. The number of rotatable bonds is 6. The number of nitrogens with one attached hydrogen (secondary N) is 1. The fourth-order valence-corrected chi connectivity index (χ4v) is 3.86. The van der Waals surface area contributed by atoms with E-state index < -0.39 is 18.1 Å². The first-order valence-electron chi connectivity index (χ1n) is 9.66. The van der Waals surface area contributed by atoms with E-state index in [2.05, 4.69) is 27.4 Å². The topological polar surface area (TPSA) is 101 Å². The molecule has 1 atom stereocenters. The summed E-state index contributed by atoms with van der Waals surface area (Å²) in [6.07, 6.45) is 0.548. The number of hydrogen-bond donors (Lipinski definition) is 2. The van der Waals surface area contributed by atoms with Crippen LogP contribution in [0.1, 0.15) is 41.0 Å². The molecule has 1 aromatic heterocycles. The molecular formula is C23H21N3O4. The summed E-state index contributed by atoms with van der Waals surface area (Å²) < 4.78 is 5.52. The predicted octanol–water partition coefficient (Wildman–Crippen LogP) is 3.84. The maximum atomic E-state index is 12.5. The summed E-state index contributed by atoms with van der Waals surface area (Å²) in [5, 5.41) is 11.8. The molecule has 1 aliphatic carbocycles. The summed E-state index contributed by atoms with van der Waals surface area (Å²) in [7, 11) is 0. The molecule has 0 unspecified atom stereocenters. The van der Waals surface area contributed by atoms with Crippen molar-refractivity contribution >= 4 is 12.1 Å². The van der Waals surface area contributed by atoms with Crippen LogP contribution in [0.3, 0.4) is 0 Å². The third kappa shape index (κ3) is 4.00. The van der Waals surface area contributed by atoms with E-state index in [9.17, 15) is 14.7 Å². The van der Waals surface area contributed by atoms with Gasteiger partial charge in [-0.05, 0) is 35.2 Å². The molecule has 0 saturated carbocycles. The lowest BCUT2D eigenvalue weighted by molar-refractivity contribution is -0.137. The molecule has 152 valence electrons. The van der Waals surface area contributed by atoms with Crippen molar-refractivity contribution in [2.24, 2.45) is 0 Å². The number of nitrogens with zero attached hydrogens (tertiary/aromatic N) is 2. The number of carbonyl (C=O) groups excluding carboxylic acids is 1. The Morgan fingerprint density at radius 2 is 1.70 bits per heavy atom. The molecule has 0 fully saturated rings. The van der Waals surface area contributed by atoms with Crippen LogP contribution in [0, 0.1) is 6.92 Å². The molecule has 4 rings (SSSR count). The zero-order valence-electron chi connectivity index (χ0n) is 16.4. The van der Waals surface area contributed by atoms with Gasteiger partial charge >= 0.3 is 12.1 Å². The maximum absolute atomic E-state index is 12.5. The summed E-state index contributed by atoms with van der Waals surface area (Å²) in [4.78, 5) is 32.0. The molecule has 0 radical (unpaired) electrons. The second kappa shape index (κ2) is 8.32. The molecule has 0 spiro atoms. The Morgan fingerprint density at radius 1 is 1.07 bits per heavy atom. The Labute approximate surface area is 173 Å². The highest BCUT2D eigenvalue weighted by Gasteiger charge is 2.29. The molecular weight excluding hydrogens is 382 g/mol. The van der Waals surface area contributed by atoms with Crippen molar-refractivity contribution in [2.45, 2.75) is 25.3 Å². The maximum Gasteiger partial charge on any atom is 0.407 e. The van der Waals surface area contributed by atoms with Crippen LogP contribution in [0.5, 0.6) is 0 Å². The number of fused-ring (bicyclic) bond motifs is 3. The number of aromatic nitrogens is 2. The molecule has 0 bridgehead atoms. The zero-order chi connectivity index (χ0) is 21.1. The molecule has 7 heteroatoms. The van der Waals surface area contributed by atoms with E-state index >= 15 is 0 Å². The quantitative estimate of drug-likeness (QED) is 0.648. The Bertz CT molecular complexity index is 1050. The molecule has 2 aromatic carbocycles. The van der Waals surface area contributed by atoms with Crippen LogP contribution in [0.25, 0.3) is 11.1 Å². The van der Waals surface area contributed by atoms with Gasteiger partial charge in [0.05, 0.1) is 18.2 Å². The SMILES string of the molecule is Cc1nccc([C@H](CC(=O)O)NC(=O)OCC2c3ccccc3-c3ccccc32)n1. The average molecular weight is 403 g/mol. The minimum Gasteiger partial charge on any atom is -0.481 e. The number of carboxylic acids is 1. The number of carboxylic acid groups (broad SMARTS) is 1. The van der Waals surface area contributed by atoms with Gasteiger partial charge in [0, 0.05) is 12.1 Å². The van der Waals surface area contributed by atoms with E-state index in [1.165, 1.54) is 6.20 Å². The van der Waals surface area contributed by atoms with Crippen LogP contribution in [0.4, 0.5) is 4.79 Å². The van der Waals surface area contributed by atoms with Gasteiger partial charge in [-0.2, -0.15) is 0 Å². The highest BCUT2D eigenvalue weighted by molar-refractivity contribution is 5.79. The number of hydrogen-bond acceptors (Lipinski definition) is 5. The number of ether oxygens (including phenoxy) is 1. The normalized spacial score (nSPS) is 13.2. The summed E-state index contributed by atoms with van der Waals surface area (Å²) in [6, 6.07) is 16.9. The Hall–Kier alpha value is -3.74. The third-order valence-corrected chi connectivity index (χ3v) is 5.17. The number of carbonyl (C=O) groups is 2. The third-order valence-electron chi connectivity index (χ3n) is 5.17. The molecule has 30 heavy (non-hydrogen) atoms. The summed E-state index contributed by atoms with van der Waals surface area (Å²) in [6.45, 7) is 1.86. The summed E-state index contributed by atoms with van der Waals surface area (Å²) >= 11 is 0. The largest absolute Gasteiger partial charge is 0.481 e. The van der Waals surface area contributed by atoms with Gasteiger partial charge in [-0.3, -0.25) is 4.79 Å². The molecule has 0 saturated heterocycles. The van der Waals surface area contributed by atoms with E-state index in [-0.39, 0.29) is 18.9 Å². The molecule has 1 heterocycles. The number of aliphatic carboxylic acids is 1. The van der Waals surface area contributed by atoms with E-state index in [1.54, 1.807) is 13.0 Å². The monoisotopic (exact) mass is 403 g/mol. The van der Waals surface area contributed by atoms with Crippen LogP contribution in [-0.4, -0.2) is 33.7 Å². The minimum absolute atomic E-state index is 0.0673. The first-order valence-corrected chi connectivity index (χ1v) is 9.66. The van der Waals surface area contributed by atoms with Crippen LogP contribution >= 0.6 is 0 Å². The second-order valence-electron chi connectivity index (χ2n) is 7.15. The van der Waals surface area contributed by atoms with Gasteiger partial charge in [-0.15, -0.1) is 0 Å². The van der Waals surface area contributed by atoms with Gasteiger partial charge in [0.1, 0.15) is 12.4 Å². The average Bonchev–Trinajstić information content (AvgIpc) is 3.05. The first-order chi connectivity index (χ1) is 14.5. The summed E-state index contributed by atoms with van der Waals surface area (Å²) in [5.74, 6) is -0.616. The Kier molecular flexibility index (Phi) is 5.43. The first kappa shape index (κ1) is 19.6. The Balaban J connectivity index is 1.48. The highest BCUT2D eigenvalue weighted by atomic mass is 16.5. The van der Waals surface area contributed by atoms with Gasteiger partial charge in [0.2, 0.25) is 0 Å². The van der Waals surface area contributed by atoms with Gasteiger partial charge in [-0.1, -0.05) is 48.5 Å². The molecule has 0 aliphatic heterocycles. The lowest BCUT2D eigenvalue weighted by Crippen LogP contribution is -2.32. The van der Waals surface area contributed by atoms with Crippen LogP contribution < -0.4 is 5.32 Å². The van der Waals surface area contributed by atoms with Crippen LogP contribution in [-0.2, 0) is 9.53 Å². The van der Waals surface area contributed by atoms with Crippen molar-refractivity contribution in [3.8, 4) is 11.1 Å². The fraction of sp³-hybridized carbons (Fsp3) is 0.217. The summed E-state index contributed by atoms with van der Waals surface area (Å²) in [5.41, 5.74) is 4.93. The van der Waals surface area contributed by atoms with Gasteiger partial charge in [0.25, 0.3) is 0 Å². The van der Waals surface area contributed by atoms with E-state index in [0.29, 0.717) is 11.5 Å². The predicted molar refractivity (Wildman–Crippen MR) is 110 cm³/mol. The van der Waals surface area contributed by atoms with Crippen molar-refractivity contribution in [1.29, 1.82) is 0 Å². The van der Waals surface area contributed by atoms with Gasteiger partial charge in [0.15, 0.2) is 0 Å². The second-order valence-corrected chi connectivity index (χ2v) is 7.15. The van der Waals surface area contributed by atoms with Crippen LogP contribution in [0.15, 0.2) is 60.8 Å². The van der Waals surface area contributed by atoms with Crippen molar-refractivity contribution in [1.82, 2.24) is 15.3 Å². The molecule has 1 aliphatic rings. The van der Waals surface area contributed by atoms with Gasteiger partial charge in [-0.25, -0.2) is 14.8 Å². The number of amides is 1. The van der Waals surface area contributed by atoms with Crippen LogP contribution in [0.2, 0.25) is 0 Å². The molecule has 1 amide bonds. The van der Waals surface area contributed by atoms with Crippen molar-refractivity contribution < 1.29 is 19.4 Å². The lowest BCUT2D eigenvalue weighted by Gasteiger charge is -2.18. The zero-order valence-corrected chi connectivity index (χ0v) is 16.4. The molecule has 7 nitrogen and oxygen atoms in total. The number of benzene rings is 2. The highest BCUT2D eigenvalue weighted by Crippen LogP contribution is 2.44. The van der Waals surface area contributed by atoms with E-state index in [4.69, 9.17) is 4.74 Å². The smallest absolute Gasteiger partial charge is 0.407 e. The van der Waals surface area contributed by atoms with Crippen molar-refractivity contribution in [2.75, 3.05) is 6.61 Å². The van der Waals surface area contributed by atoms with E-state index in [0.717, 1.165) is 22.3 Å². The van der Waals surface area contributed by atoms with E-state index in [1.807, 2.05) is 36.4 Å². The van der Waals surface area contributed by atoms with Crippen molar-refractivity contribution in [3.63, 3.8) is 0 Å². The molecule has 2 N–H and O–H groups in total. The standard InChI is InChI=1S/C23H21N3O4/c1-14-24-11-10-20(25-14)21(12-22(27)28)26-23(29)30-13-19-17-8-4-2-6-15(17)16-7-3-5-9-18(16)19/h2-11,19,21H,12-13H2,1H3,(H,26,29)(H,27,28)/t21-/m0/s1. The van der Waals surface area contributed by atoms with Crippen molar-refractivity contribution in [3.05, 3.63) is 83.4 Å². The minimum atomic E-state index is -1.05. The Morgan fingerprint density at radius 3 is 2.30 bits per heavy atom. The van der Waals surface area contributed by atoms with Gasteiger partial charge < -0.3 is 15.2 Å². The number of aryl methyl sites for hydroxylation is 1. The number of alkyl carbamates (subject to hydrolysis) is 1. The fourth-order valence-electron chi connectivity index (χ4n) is 3.86.